The molecular formula is C20H15Cl2FN2O4S. The minimum Gasteiger partial charge on any atom is -0.456 e. The Bertz CT molecular complexity index is 1280. The topological polar surface area (TPSA) is 112 Å². The van der Waals surface area contributed by atoms with Crippen LogP contribution in [0.25, 0.3) is 11.1 Å². The fourth-order valence-corrected chi connectivity index (χ4v) is 4.15. The number of benzene rings is 3. The number of halogens is 3. The van der Waals surface area contributed by atoms with E-state index in [-0.39, 0.29) is 37.6 Å². The molecule has 0 bridgehead atoms. The van der Waals surface area contributed by atoms with Crippen LogP contribution in [-0.2, 0) is 10.0 Å². The van der Waals surface area contributed by atoms with Crippen molar-refractivity contribution in [2.24, 2.45) is 10.9 Å². The van der Waals surface area contributed by atoms with Gasteiger partial charge in [0.15, 0.2) is 0 Å². The van der Waals surface area contributed by atoms with Crippen molar-refractivity contribution < 1.29 is 22.3 Å². The zero-order valence-electron chi connectivity index (χ0n) is 15.4. The van der Waals surface area contributed by atoms with Crippen LogP contribution in [0.5, 0.6) is 11.5 Å². The number of carbonyl (C=O) groups excluding carboxylic acids is 1. The minimum atomic E-state index is -3.98. The third kappa shape index (κ3) is 4.41. The van der Waals surface area contributed by atoms with Gasteiger partial charge >= 0.3 is 0 Å². The van der Waals surface area contributed by atoms with E-state index in [1.165, 1.54) is 42.5 Å². The summed E-state index contributed by atoms with van der Waals surface area (Å²) in [5, 5.41) is 5.13. The molecule has 3 rings (SSSR count). The predicted octanol–water partition coefficient (Wildman–Crippen LogP) is 4.65. The Kier molecular flexibility index (Phi) is 6.05. The van der Waals surface area contributed by atoms with Crippen molar-refractivity contribution in [3.63, 3.8) is 0 Å². The van der Waals surface area contributed by atoms with Gasteiger partial charge in [0.1, 0.15) is 22.9 Å². The van der Waals surface area contributed by atoms with Crippen LogP contribution in [0, 0.1) is 12.7 Å². The first kappa shape index (κ1) is 22.0. The molecule has 0 spiro atoms. The molecule has 0 aliphatic heterocycles. The summed E-state index contributed by atoms with van der Waals surface area (Å²) >= 11 is 12.8. The molecule has 0 aromatic heterocycles. The summed E-state index contributed by atoms with van der Waals surface area (Å²) in [6.45, 7) is 1.62. The molecule has 0 fully saturated rings. The molecule has 0 aliphatic rings. The Morgan fingerprint density at radius 2 is 1.77 bits per heavy atom. The molecule has 3 aromatic rings. The molecule has 0 aliphatic carbocycles. The fraction of sp³-hybridized carbons (Fsp3) is 0.0500. The summed E-state index contributed by atoms with van der Waals surface area (Å²) in [5.41, 5.74) is 6.30. The van der Waals surface area contributed by atoms with E-state index < -0.39 is 21.7 Å². The number of hydrogen-bond acceptors (Lipinski definition) is 4. The molecule has 1 amide bonds. The van der Waals surface area contributed by atoms with Gasteiger partial charge in [0.25, 0.3) is 5.91 Å². The van der Waals surface area contributed by atoms with Crippen LogP contribution in [0.15, 0.2) is 53.4 Å². The summed E-state index contributed by atoms with van der Waals surface area (Å²) in [5.74, 6) is -1.10. The maximum atomic E-state index is 13.4. The summed E-state index contributed by atoms with van der Waals surface area (Å²) in [4.78, 5) is 12.0. The van der Waals surface area contributed by atoms with Gasteiger partial charge in [-0.1, -0.05) is 35.3 Å². The van der Waals surface area contributed by atoms with Gasteiger partial charge in [0.2, 0.25) is 10.0 Å². The molecule has 0 heterocycles. The Labute approximate surface area is 182 Å². The molecule has 30 heavy (non-hydrogen) atoms. The number of hydrogen-bond donors (Lipinski definition) is 2. The van der Waals surface area contributed by atoms with Crippen molar-refractivity contribution in [1.82, 2.24) is 0 Å². The number of nitrogens with two attached hydrogens (primary N) is 2. The fourth-order valence-electron chi connectivity index (χ4n) is 2.85. The van der Waals surface area contributed by atoms with Crippen LogP contribution in [0.4, 0.5) is 4.39 Å². The van der Waals surface area contributed by atoms with Crippen LogP contribution in [0.2, 0.25) is 10.0 Å². The number of primary sulfonamides is 1. The van der Waals surface area contributed by atoms with E-state index in [0.29, 0.717) is 11.1 Å². The van der Waals surface area contributed by atoms with Gasteiger partial charge in [-0.25, -0.2) is 17.9 Å². The summed E-state index contributed by atoms with van der Waals surface area (Å²) < 4.78 is 42.4. The van der Waals surface area contributed by atoms with Crippen molar-refractivity contribution >= 4 is 39.1 Å². The highest BCUT2D eigenvalue weighted by atomic mass is 35.5. The quantitative estimate of drug-likeness (QED) is 0.567. The Morgan fingerprint density at radius 3 is 2.37 bits per heavy atom. The van der Waals surface area contributed by atoms with E-state index in [0.717, 1.165) is 0 Å². The molecule has 0 saturated heterocycles. The van der Waals surface area contributed by atoms with Gasteiger partial charge in [-0.3, -0.25) is 4.79 Å². The van der Waals surface area contributed by atoms with Crippen LogP contribution in [-0.4, -0.2) is 14.3 Å². The second-order valence-electron chi connectivity index (χ2n) is 6.37. The van der Waals surface area contributed by atoms with Gasteiger partial charge in [-0.05, 0) is 48.4 Å². The minimum absolute atomic E-state index is 0.0291. The van der Waals surface area contributed by atoms with E-state index in [1.807, 2.05) is 0 Å². The molecule has 10 heteroatoms. The first-order valence-electron chi connectivity index (χ1n) is 8.38. The van der Waals surface area contributed by atoms with E-state index >= 15 is 0 Å². The smallest absolute Gasteiger partial charge is 0.254 e. The van der Waals surface area contributed by atoms with Gasteiger partial charge in [0.05, 0.1) is 14.9 Å². The predicted molar refractivity (Wildman–Crippen MR) is 113 cm³/mol. The van der Waals surface area contributed by atoms with Crippen LogP contribution >= 0.6 is 23.2 Å². The zero-order valence-corrected chi connectivity index (χ0v) is 17.8. The van der Waals surface area contributed by atoms with Crippen molar-refractivity contribution in [3.8, 4) is 22.6 Å². The lowest BCUT2D eigenvalue weighted by Gasteiger charge is -2.17. The SMILES string of the molecule is Cc1cc(F)ccc1Oc1cc(Cl)c(-c2cccc(S(N)(=O)=O)c2)c(Cl)c1C(N)=O. The Hall–Kier alpha value is -2.65. The van der Waals surface area contributed by atoms with E-state index in [4.69, 9.17) is 38.8 Å². The highest BCUT2D eigenvalue weighted by molar-refractivity contribution is 7.89. The van der Waals surface area contributed by atoms with Gasteiger partial charge < -0.3 is 10.5 Å². The molecule has 156 valence electrons. The number of aryl methyl sites for hydroxylation is 1. The highest BCUT2D eigenvalue weighted by Gasteiger charge is 2.23. The second kappa shape index (κ2) is 8.23. The van der Waals surface area contributed by atoms with E-state index in [9.17, 15) is 17.6 Å². The average molecular weight is 469 g/mol. The lowest BCUT2D eigenvalue weighted by molar-refractivity contribution is 0.0998. The van der Waals surface area contributed by atoms with Gasteiger partial charge in [0, 0.05) is 11.6 Å². The van der Waals surface area contributed by atoms with Gasteiger partial charge in [-0.2, -0.15) is 0 Å². The van der Waals surface area contributed by atoms with Crippen molar-refractivity contribution in [2.75, 3.05) is 0 Å². The third-order valence-corrected chi connectivity index (χ3v) is 5.82. The molecular weight excluding hydrogens is 454 g/mol. The number of amides is 1. The monoisotopic (exact) mass is 468 g/mol. The number of sulfonamides is 1. The van der Waals surface area contributed by atoms with Crippen molar-refractivity contribution in [2.45, 2.75) is 11.8 Å². The number of rotatable bonds is 5. The lowest BCUT2D eigenvalue weighted by Crippen LogP contribution is -2.14. The first-order valence-corrected chi connectivity index (χ1v) is 10.7. The standard InChI is InChI=1S/C20H15Cl2FN2O4S/c1-10-7-12(23)5-6-15(10)29-16-9-14(21)17(19(22)18(16)20(24)26)11-3-2-4-13(8-11)30(25,27)28/h2-9H,1H3,(H2,24,26)(H2,25,27,28). The lowest BCUT2D eigenvalue weighted by atomic mass is 10.0. The molecule has 4 N–H and O–H groups in total. The molecule has 6 nitrogen and oxygen atoms in total. The van der Waals surface area contributed by atoms with Gasteiger partial charge in [-0.15, -0.1) is 0 Å². The molecule has 0 radical (unpaired) electrons. The normalized spacial score (nSPS) is 11.4. The second-order valence-corrected chi connectivity index (χ2v) is 8.72. The van der Waals surface area contributed by atoms with Crippen LogP contribution in [0.3, 0.4) is 0 Å². The average Bonchev–Trinajstić information content (AvgIpc) is 2.63. The number of primary amides is 1. The largest absolute Gasteiger partial charge is 0.456 e. The Morgan fingerprint density at radius 1 is 1.07 bits per heavy atom. The third-order valence-electron chi connectivity index (χ3n) is 4.24. The molecule has 3 aromatic carbocycles. The number of ether oxygens (including phenoxy) is 1. The first-order chi connectivity index (χ1) is 14.0. The van der Waals surface area contributed by atoms with Crippen LogP contribution < -0.4 is 15.6 Å². The maximum absolute atomic E-state index is 13.4. The highest BCUT2D eigenvalue weighted by Crippen LogP contribution is 2.43. The molecule has 0 saturated carbocycles. The summed E-state index contributed by atoms with van der Waals surface area (Å²) in [6.07, 6.45) is 0. The molecule has 0 atom stereocenters. The molecule has 0 unspecified atom stereocenters. The maximum Gasteiger partial charge on any atom is 0.254 e. The van der Waals surface area contributed by atoms with E-state index in [2.05, 4.69) is 0 Å². The zero-order chi connectivity index (χ0) is 22.2. The Balaban J connectivity index is 2.19. The summed E-state index contributed by atoms with van der Waals surface area (Å²) in [6, 6.07) is 10.8. The van der Waals surface area contributed by atoms with Crippen molar-refractivity contribution in [3.05, 3.63) is 75.5 Å². The van der Waals surface area contributed by atoms with Crippen LogP contribution in [0.1, 0.15) is 15.9 Å². The summed E-state index contributed by atoms with van der Waals surface area (Å²) in [7, 11) is -3.98. The van der Waals surface area contributed by atoms with Crippen molar-refractivity contribution in [1.29, 1.82) is 0 Å². The van der Waals surface area contributed by atoms with E-state index in [1.54, 1.807) is 13.0 Å². The number of carbonyl (C=O) groups is 1.